The van der Waals surface area contributed by atoms with Crippen molar-refractivity contribution in [2.75, 3.05) is 50.7 Å². The Morgan fingerprint density at radius 1 is 1.00 bits per heavy atom. The fourth-order valence-corrected chi connectivity index (χ4v) is 5.00. The SMILES string of the molecule is CC1CC(C)CN(CC(C)NC(=O)c2ccc(N3CCN(C(C)C)CC3)cc2)C1. The molecule has 0 aromatic heterocycles. The zero-order valence-electron chi connectivity index (χ0n) is 19.0. The predicted molar refractivity (Wildman–Crippen MR) is 122 cm³/mol. The van der Waals surface area contributed by atoms with Crippen molar-refractivity contribution in [2.24, 2.45) is 11.8 Å². The molecule has 0 bridgehead atoms. The number of piperazine rings is 1. The van der Waals surface area contributed by atoms with Crippen LogP contribution in [0, 0.1) is 11.8 Å². The Morgan fingerprint density at radius 3 is 2.14 bits per heavy atom. The Kier molecular flexibility index (Phi) is 7.58. The highest BCUT2D eigenvalue weighted by Gasteiger charge is 2.23. The van der Waals surface area contributed by atoms with Gasteiger partial charge in [-0.1, -0.05) is 13.8 Å². The average Bonchev–Trinajstić information content (AvgIpc) is 2.67. The van der Waals surface area contributed by atoms with Crippen molar-refractivity contribution in [3.8, 4) is 0 Å². The summed E-state index contributed by atoms with van der Waals surface area (Å²) >= 11 is 0. The minimum Gasteiger partial charge on any atom is -0.369 e. The molecule has 0 spiro atoms. The first-order valence-electron chi connectivity index (χ1n) is 11.4. The molecule has 2 aliphatic heterocycles. The minimum absolute atomic E-state index is 0.0341. The van der Waals surface area contributed by atoms with E-state index in [1.165, 1.54) is 12.1 Å². The molecule has 29 heavy (non-hydrogen) atoms. The first kappa shape index (κ1) is 22.1. The number of nitrogens with one attached hydrogen (secondary N) is 1. The number of rotatable bonds is 6. The molecule has 1 N–H and O–H groups in total. The van der Waals surface area contributed by atoms with E-state index in [1.54, 1.807) is 0 Å². The topological polar surface area (TPSA) is 38.8 Å². The van der Waals surface area contributed by atoms with Crippen molar-refractivity contribution in [1.82, 2.24) is 15.1 Å². The number of carbonyl (C=O) groups is 1. The third kappa shape index (κ3) is 6.19. The summed E-state index contributed by atoms with van der Waals surface area (Å²) in [6.45, 7) is 18.8. The molecule has 2 heterocycles. The second-order valence-corrected chi connectivity index (χ2v) is 9.70. The fourth-order valence-electron chi connectivity index (χ4n) is 5.00. The number of anilines is 1. The predicted octanol–water partition coefficient (Wildman–Crippen LogP) is 3.31. The maximum absolute atomic E-state index is 12.7. The molecule has 1 amide bonds. The Balaban J connectivity index is 1.48. The molecule has 162 valence electrons. The molecular weight excluding hydrogens is 360 g/mol. The van der Waals surface area contributed by atoms with Gasteiger partial charge in [0.15, 0.2) is 0 Å². The summed E-state index contributed by atoms with van der Waals surface area (Å²) in [7, 11) is 0. The third-order valence-electron chi connectivity index (χ3n) is 6.39. The van der Waals surface area contributed by atoms with Crippen molar-refractivity contribution < 1.29 is 4.79 Å². The lowest BCUT2D eigenvalue weighted by molar-refractivity contribution is 0.0905. The van der Waals surface area contributed by atoms with E-state index in [9.17, 15) is 4.79 Å². The van der Waals surface area contributed by atoms with Gasteiger partial charge in [0.2, 0.25) is 0 Å². The highest BCUT2D eigenvalue weighted by atomic mass is 16.1. The number of nitrogens with zero attached hydrogens (tertiary/aromatic N) is 3. The molecule has 5 nitrogen and oxygen atoms in total. The summed E-state index contributed by atoms with van der Waals surface area (Å²) < 4.78 is 0. The van der Waals surface area contributed by atoms with Gasteiger partial charge in [-0.05, 0) is 63.3 Å². The van der Waals surface area contributed by atoms with Crippen LogP contribution < -0.4 is 10.2 Å². The molecule has 3 atom stereocenters. The normalized spacial score (nSPS) is 25.2. The van der Waals surface area contributed by atoms with Crippen LogP contribution in [0.1, 0.15) is 51.4 Å². The van der Waals surface area contributed by atoms with E-state index >= 15 is 0 Å². The van der Waals surface area contributed by atoms with Crippen LogP contribution in [0.5, 0.6) is 0 Å². The quantitative estimate of drug-likeness (QED) is 0.795. The maximum atomic E-state index is 12.7. The zero-order valence-corrected chi connectivity index (χ0v) is 19.0. The van der Waals surface area contributed by atoms with E-state index in [2.05, 4.69) is 66.8 Å². The number of hydrogen-bond donors (Lipinski definition) is 1. The summed E-state index contributed by atoms with van der Waals surface area (Å²) in [5, 5.41) is 3.19. The van der Waals surface area contributed by atoms with Gasteiger partial charge in [-0.2, -0.15) is 0 Å². The van der Waals surface area contributed by atoms with Crippen LogP contribution >= 0.6 is 0 Å². The number of benzene rings is 1. The molecule has 2 saturated heterocycles. The molecule has 2 fully saturated rings. The van der Waals surface area contributed by atoms with E-state index in [4.69, 9.17) is 0 Å². The summed E-state index contributed by atoms with van der Waals surface area (Å²) in [5.41, 5.74) is 1.97. The van der Waals surface area contributed by atoms with E-state index in [0.717, 1.165) is 63.2 Å². The molecule has 0 aliphatic carbocycles. The average molecular weight is 401 g/mol. The minimum atomic E-state index is 0.0341. The highest BCUT2D eigenvalue weighted by molar-refractivity contribution is 5.94. The summed E-state index contributed by atoms with van der Waals surface area (Å²) in [5.74, 6) is 1.53. The monoisotopic (exact) mass is 400 g/mol. The summed E-state index contributed by atoms with van der Waals surface area (Å²) in [6.07, 6.45) is 1.32. The van der Waals surface area contributed by atoms with Crippen LogP contribution in [0.2, 0.25) is 0 Å². The van der Waals surface area contributed by atoms with Crippen LogP contribution in [0.4, 0.5) is 5.69 Å². The molecular formula is C24H40N4O. The Morgan fingerprint density at radius 2 is 1.59 bits per heavy atom. The lowest BCUT2D eigenvalue weighted by atomic mass is 9.92. The van der Waals surface area contributed by atoms with E-state index in [0.29, 0.717) is 6.04 Å². The van der Waals surface area contributed by atoms with Gasteiger partial charge in [0.1, 0.15) is 0 Å². The van der Waals surface area contributed by atoms with Gasteiger partial charge in [0.05, 0.1) is 0 Å². The van der Waals surface area contributed by atoms with Crippen molar-refractivity contribution in [3.05, 3.63) is 29.8 Å². The van der Waals surface area contributed by atoms with Crippen molar-refractivity contribution >= 4 is 11.6 Å². The van der Waals surface area contributed by atoms with Gasteiger partial charge < -0.3 is 15.1 Å². The second kappa shape index (κ2) is 9.94. The van der Waals surface area contributed by atoms with Gasteiger partial charge in [-0.25, -0.2) is 0 Å². The largest absolute Gasteiger partial charge is 0.369 e. The van der Waals surface area contributed by atoms with Crippen LogP contribution in [0.15, 0.2) is 24.3 Å². The molecule has 0 radical (unpaired) electrons. The number of hydrogen-bond acceptors (Lipinski definition) is 4. The standard InChI is InChI=1S/C24H40N4O/c1-18(2)27-10-12-28(13-11-27)23-8-6-22(7-9-23)24(29)25-21(5)17-26-15-19(3)14-20(4)16-26/h6-9,18-21H,10-17H2,1-5H3,(H,25,29). The van der Waals surface area contributed by atoms with Crippen LogP contribution in [-0.2, 0) is 0 Å². The zero-order chi connectivity index (χ0) is 21.0. The van der Waals surface area contributed by atoms with Crippen LogP contribution in [-0.4, -0.2) is 73.6 Å². The van der Waals surface area contributed by atoms with Crippen LogP contribution in [0.25, 0.3) is 0 Å². The summed E-state index contributed by atoms with van der Waals surface area (Å²) in [6, 6.07) is 8.90. The fraction of sp³-hybridized carbons (Fsp3) is 0.708. The van der Waals surface area contributed by atoms with Gasteiger partial charge >= 0.3 is 0 Å². The number of amides is 1. The molecule has 1 aromatic rings. The van der Waals surface area contributed by atoms with Gasteiger partial charge in [0, 0.05) is 69.1 Å². The Bertz CT molecular complexity index is 641. The Labute approximate surface area is 177 Å². The van der Waals surface area contributed by atoms with Crippen molar-refractivity contribution in [1.29, 1.82) is 0 Å². The molecule has 1 aromatic carbocycles. The number of piperidine rings is 1. The maximum Gasteiger partial charge on any atom is 0.251 e. The summed E-state index contributed by atoms with van der Waals surface area (Å²) in [4.78, 5) is 20.1. The number of carbonyl (C=O) groups excluding carboxylic acids is 1. The lowest BCUT2D eigenvalue weighted by Crippen LogP contribution is -2.48. The highest BCUT2D eigenvalue weighted by Crippen LogP contribution is 2.21. The first-order chi connectivity index (χ1) is 13.8. The Hall–Kier alpha value is -1.59. The lowest BCUT2D eigenvalue weighted by Gasteiger charge is -2.38. The first-order valence-corrected chi connectivity index (χ1v) is 11.4. The third-order valence-corrected chi connectivity index (χ3v) is 6.39. The second-order valence-electron chi connectivity index (χ2n) is 9.70. The molecule has 3 rings (SSSR count). The van der Waals surface area contributed by atoms with E-state index in [-0.39, 0.29) is 11.9 Å². The van der Waals surface area contributed by atoms with Crippen molar-refractivity contribution in [2.45, 2.75) is 53.1 Å². The van der Waals surface area contributed by atoms with E-state index in [1.807, 2.05) is 12.1 Å². The molecule has 0 saturated carbocycles. The van der Waals surface area contributed by atoms with E-state index < -0.39 is 0 Å². The van der Waals surface area contributed by atoms with Gasteiger partial charge in [0.25, 0.3) is 5.91 Å². The smallest absolute Gasteiger partial charge is 0.251 e. The number of likely N-dealkylation sites (tertiary alicyclic amines) is 1. The molecule has 3 unspecified atom stereocenters. The van der Waals surface area contributed by atoms with Gasteiger partial charge in [-0.3, -0.25) is 9.69 Å². The molecule has 2 aliphatic rings. The van der Waals surface area contributed by atoms with Crippen molar-refractivity contribution in [3.63, 3.8) is 0 Å². The molecule has 5 heteroatoms. The van der Waals surface area contributed by atoms with Gasteiger partial charge in [-0.15, -0.1) is 0 Å². The van der Waals surface area contributed by atoms with Crippen LogP contribution in [0.3, 0.4) is 0 Å².